The molecule has 4 rings (SSSR count). The number of aliphatic carboxylic acids is 1. The van der Waals surface area contributed by atoms with E-state index in [0.29, 0.717) is 34.8 Å². The van der Waals surface area contributed by atoms with Crippen molar-refractivity contribution in [1.82, 2.24) is 24.0 Å². The van der Waals surface area contributed by atoms with Gasteiger partial charge in [0.1, 0.15) is 0 Å². The Morgan fingerprint density at radius 2 is 1.79 bits per heavy atom. The van der Waals surface area contributed by atoms with E-state index in [0.717, 1.165) is 31.8 Å². The first kappa shape index (κ1) is 29.2. The highest BCUT2D eigenvalue weighted by Gasteiger charge is 2.38. The molecule has 3 heterocycles. The Morgan fingerprint density at radius 1 is 1.18 bits per heavy atom. The third kappa shape index (κ3) is 6.55. The number of allylic oxidation sites excluding steroid dienone is 2. The van der Waals surface area contributed by atoms with Gasteiger partial charge in [0.15, 0.2) is 11.2 Å². The van der Waals surface area contributed by atoms with Crippen molar-refractivity contribution in [2.45, 2.75) is 33.1 Å². The summed E-state index contributed by atoms with van der Waals surface area (Å²) in [6.07, 6.45) is -3.04. The highest BCUT2D eigenvalue weighted by atomic mass is 19.4. The van der Waals surface area contributed by atoms with Crippen molar-refractivity contribution in [2.24, 2.45) is 7.05 Å². The molecule has 3 aromatic rings. The number of carboxylic acids is 1. The van der Waals surface area contributed by atoms with Crippen molar-refractivity contribution in [3.63, 3.8) is 0 Å². The van der Waals surface area contributed by atoms with Crippen LogP contribution >= 0.6 is 0 Å². The number of imidazole rings is 1. The van der Waals surface area contributed by atoms with Crippen LogP contribution in [-0.2, 0) is 24.9 Å². The maximum Gasteiger partial charge on any atom is 0.490 e. The largest absolute Gasteiger partial charge is 0.490 e. The first-order chi connectivity index (χ1) is 18.4. The summed E-state index contributed by atoms with van der Waals surface area (Å²) in [5.74, 6) is -2.06. The average molecular weight is 548 g/mol. The summed E-state index contributed by atoms with van der Waals surface area (Å²) < 4.78 is 36.3. The SMILES string of the molecule is CC(C)=CCn1c(N2CCNCC2)nc2c1c(=O)n(Cc1ccccc1C#N)c(=O)n2C.O=C(O)C(F)(F)F. The molecule has 11 nitrogen and oxygen atoms in total. The van der Waals surface area contributed by atoms with Crippen LogP contribution in [0, 0.1) is 11.3 Å². The molecule has 0 aliphatic carbocycles. The Morgan fingerprint density at radius 3 is 2.36 bits per heavy atom. The zero-order chi connectivity index (χ0) is 28.9. The van der Waals surface area contributed by atoms with Crippen LogP contribution in [-0.4, -0.2) is 62.1 Å². The molecule has 0 amide bonds. The molecule has 0 spiro atoms. The lowest BCUT2D eigenvalue weighted by Gasteiger charge is -2.28. The van der Waals surface area contributed by atoms with E-state index in [1.165, 1.54) is 9.13 Å². The molecule has 14 heteroatoms. The van der Waals surface area contributed by atoms with Gasteiger partial charge in [-0.1, -0.05) is 29.8 Å². The van der Waals surface area contributed by atoms with Gasteiger partial charge < -0.3 is 19.9 Å². The number of carbonyl (C=O) groups is 1. The second-order valence-corrected chi connectivity index (χ2v) is 9.02. The summed E-state index contributed by atoms with van der Waals surface area (Å²) in [6, 6.07) is 9.15. The lowest BCUT2D eigenvalue weighted by atomic mass is 10.1. The summed E-state index contributed by atoms with van der Waals surface area (Å²) in [6.45, 7) is 7.75. The van der Waals surface area contributed by atoms with E-state index in [2.05, 4.69) is 16.3 Å². The summed E-state index contributed by atoms with van der Waals surface area (Å²) in [7, 11) is 1.64. The predicted molar refractivity (Wildman–Crippen MR) is 138 cm³/mol. The summed E-state index contributed by atoms with van der Waals surface area (Å²) in [5.41, 5.74) is 2.13. The van der Waals surface area contributed by atoms with E-state index in [1.807, 2.05) is 24.5 Å². The van der Waals surface area contributed by atoms with Gasteiger partial charge in [0, 0.05) is 39.8 Å². The van der Waals surface area contributed by atoms with Crippen molar-refractivity contribution >= 4 is 23.1 Å². The van der Waals surface area contributed by atoms with Crippen LogP contribution in [0.1, 0.15) is 25.0 Å². The highest BCUT2D eigenvalue weighted by molar-refractivity contribution is 5.75. The molecule has 1 aliphatic heterocycles. The number of rotatable bonds is 5. The molecule has 2 aromatic heterocycles. The number of halogens is 3. The summed E-state index contributed by atoms with van der Waals surface area (Å²) in [5, 5.41) is 19.9. The number of piperazine rings is 1. The Kier molecular flexibility index (Phi) is 8.97. The Balaban J connectivity index is 0.000000532. The molecule has 1 aromatic carbocycles. The molecule has 0 atom stereocenters. The lowest BCUT2D eigenvalue weighted by Crippen LogP contribution is -2.44. The number of nitrogens with zero attached hydrogens (tertiary/aromatic N) is 6. The third-order valence-corrected chi connectivity index (χ3v) is 6.00. The van der Waals surface area contributed by atoms with Crippen molar-refractivity contribution in [3.8, 4) is 6.07 Å². The minimum atomic E-state index is -5.08. The molecular formula is C25H28F3N7O4. The molecular weight excluding hydrogens is 519 g/mol. The lowest BCUT2D eigenvalue weighted by molar-refractivity contribution is -0.192. The van der Waals surface area contributed by atoms with E-state index < -0.39 is 23.4 Å². The van der Waals surface area contributed by atoms with E-state index in [9.17, 15) is 28.0 Å². The van der Waals surface area contributed by atoms with Crippen LogP contribution in [0.3, 0.4) is 0 Å². The number of aromatic nitrogens is 4. The number of fused-ring (bicyclic) bond motifs is 1. The fourth-order valence-corrected chi connectivity index (χ4v) is 3.99. The van der Waals surface area contributed by atoms with Gasteiger partial charge in [0.25, 0.3) is 5.56 Å². The van der Waals surface area contributed by atoms with E-state index >= 15 is 0 Å². The molecule has 1 saturated heterocycles. The van der Waals surface area contributed by atoms with Gasteiger partial charge in [0.05, 0.1) is 18.2 Å². The molecule has 1 aliphatic rings. The summed E-state index contributed by atoms with van der Waals surface area (Å²) in [4.78, 5) is 42.5. The number of nitriles is 1. The van der Waals surface area contributed by atoms with Crippen molar-refractivity contribution in [3.05, 3.63) is 67.9 Å². The number of benzene rings is 1. The number of alkyl halides is 3. The fraction of sp³-hybridized carbons (Fsp3) is 0.400. The van der Waals surface area contributed by atoms with Gasteiger partial charge in [-0.15, -0.1) is 0 Å². The van der Waals surface area contributed by atoms with Crippen LogP contribution < -0.4 is 21.5 Å². The van der Waals surface area contributed by atoms with Crippen molar-refractivity contribution in [1.29, 1.82) is 5.26 Å². The van der Waals surface area contributed by atoms with Crippen LogP contribution in [0.15, 0.2) is 45.5 Å². The number of aryl methyl sites for hydroxylation is 1. The first-order valence-corrected chi connectivity index (χ1v) is 11.9. The third-order valence-electron chi connectivity index (χ3n) is 6.00. The smallest absolute Gasteiger partial charge is 0.475 e. The minimum Gasteiger partial charge on any atom is -0.475 e. The Labute approximate surface area is 221 Å². The molecule has 0 radical (unpaired) electrons. The average Bonchev–Trinajstić information content (AvgIpc) is 3.29. The van der Waals surface area contributed by atoms with E-state index in [4.69, 9.17) is 14.9 Å². The topological polar surface area (TPSA) is 138 Å². The molecule has 2 N–H and O–H groups in total. The second kappa shape index (κ2) is 12.0. The number of hydrogen-bond acceptors (Lipinski definition) is 7. The second-order valence-electron chi connectivity index (χ2n) is 9.02. The van der Waals surface area contributed by atoms with E-state index in [-0.39, 0.29) is 6.54 Å². The number of carboxylic acid groups (broad SMARTS) is 1. The van der Waals surface area contributed by atoms with Gasteiger partial charge >= 0.3 is 17.8 Å². The number of anilines is 1. The van der Waals surface area contributed by atoms with E-state index in [1.54, 1.807) is 31.3 Å². The highest BCUT2D eigenvalue weighted by Crippen LogP contribution is 2.21. The van der Waals surface area contributed by atoms with Crippen molar-refractivity contribution < 1.29 is 23.1 Å². The molecule has 0 unspecified atom stereocenters. The standard InChI is InChI=1S/C23H27N7O2.C2HF3O2/c1-16(2)8-11-29-19-20(26-22(29)28-12-9-25-10-13-28)27(3)23(32)30(21(19)31)15-18-7-5-4-6-17(18)14-24;3-2(4,5)1(6)7/h4-8,25H,9-13,15H2,1-3H3;(H,6,7). The predicted octanol–water partition coefficient (Wildman–Crippen LogP) is 1.83. The number of hydrogen-bond donors (Lipinski definition) is 2. The van der Waals surface area contributed by atoms with Gasteiger partial charge in [-0.2, -0.15) is 23.4 Å². The fourth-order valence-electron chi connectivity index (χ4n) is 3.99. The van der Waals surface area contributed by atoms with Crippen LogP contribution in [0.5, 0.6) is 0 Å². The van der Waals surface area contributed by atoms with Crippen LogP contribution in [0.2, 0.25) is 0 Å². The van der Waals surface area contributed by atoms with Gasteiger partial charge in [-0.25, -0.2) is 9.59 Å². The molecule has 0 saturated carbocycles. The monoisotopic (exact) mass is 547 g/mol. The quantitative estimate of drug-likeness (QED) is 0.462. The maximum absolute atomic E-state index is 13.6. The van der Waals surface area contributed by atoms with Gasteiger partial charge in [-0.05, 0) is 25.5 Å². The minimum absolute atomic E-state index is 0.0297. The number of nitrogens with one attached hydrogen (secondary N) is 1. The first-order valence-electron chi connectivity index (χ1n) is 11.9. The molecule has 1 fully saturated rings. The maximum atomic E-state index is 13.6. The molecule has 39 heavy (non-hydrogen) atoms. The normalized spacial score (nSPS) is 13.4. The van der Waals surface area contributed by atoms with Gasteiger partial charge in [-0.3, -0.25) is 13.9 Å². The molecule has 208 valence electrons. The Bertz CT molecular complexity index is 1550. The summed E-state index contributed by atoms with van der Waals surface area (Å²) >= 11 is 0. The van der Waals surface area contributed by atoms with Crippen LogP contribution in [0.25, 0.3) is 11.2 Å². The zero-order valence-electron chi connectivity index (χ0n) is 21.6. The van der Waals surface area contributed by atoms with Crippen molar-refractivity contribution in [2.75, 3.05) is 31.1 Å². The molecule has 0 bridgehead atoms. The Hall–Kier alpha value is -4.38. The zero-order valence-corrected chi connectivity index (χ0v) is 21.6. The van der Waals surface area contributed by atoms with Crippen LogP contribution in [0.4, 0.5) is 19.1 Å². The van der Waals surface area contributed by atoms with Gasteiger partial charge in [0.2, 0.25) is 5.95 Å².